The molecule has 0 radical (unpaired) electrons. The van der Waals surface area contributed by atoms with Crippen LogP contribution >= 0.6 is 0 Å². The molecule has 0 unspecified atom stereocenters. The van der Waals surface area contributed by atoms with Gasteiger partial charge in [-0.2, -0.15) is 0 Å². The highest BCUT2D eigenvalue weighted by Crippen LogP contribution is 2.26. The minimum Gasteiger partial charge on any atom is -0.355 e. The molecule has 0 aliphatic heterocycles. The van der Waals surface area contributed by atoms with Crippen LogP contribution in [0, 0.1) is 6.92 Å². The van der Waals surface area contributed by atoms with Crippen LogP contribution in [0.15, 0.2) is 79.0 Å². The summed E-state index contributed by atoms with van der Waals surface area (Å²) in [4.78, 5) is 31.6. The van der Waals surface area contributed by atoms with Crippen molar-refractivity contribution in [3.05, 3.63) is 101 Å². The van der Waals surface area contributed by atoms with Gasteiger partial charge in [0.25, 0.3) is 11.8 Å². The summed E-state index contributed by atoms with van der Waals surface area (Å²) >= 11 is 0. The number of hydrogen-bond acceptors (Lipinski definition) is 3. The van der Waals surface area contributed by atoms with E-state index in [1.165, 1.54) is 0 Å². The highest BCUT2D eigenvalue weighted by molar-refractivity contribution is 5.97. The van der Waals surface area contributed by atoms with Crippen molar-refractivity contribution >= 4 is 22.7 Å². The first-order valence-electron chi connectivity index (χ1n) is 11.6. The fraction of sp³-hybridized carbons (Fsp3) is 0.207. The third-order valence-corrected chi connectivity index (χ3v) is 6.04. The minimum atomic E-state index is -0.167. The van der Waals surface area contributed by atoms with Crippen LogP contribution in [-0.4, -0.2) is 35.3 Å². The third kappa shape index (κ3) is 4.99. The molecule has 3 aromatic carbocycles. The minimum absolute atomic E-state index is 0.0394. The zero-order valence-electron chi connectivity index (χ0n) is 19.8. The smallest absolute Gasteiger partial charge is 0.254 e. The maximum atomic E-state index is 13.3. The Hall–Kier alpha value is -3.99. The molecule has 1 N–H and O–H groups in total. The summed E-state index contributed by atoms with van der Waals surface area (Å²) in [6.45, 7) is 5.31. The van der Waals surface area contributed by atoms with E-state index in [9.17, 15) is 9.59 Å². The zero-order valence-corrected chi connectivity index (χ0v) is 19.8. The number of benzene rings is 3. The summed E-state index contributed by atoms with van der Waals surface area (Å²) in [5.74, 6) is -0.206. The van der Waals surface area contributed by atoms with Gasteiger partial charge in [0.15, 0.2) is 0 Å². The first-order valence-corrected chi connectivity index (χ1v) is 11.6. The molecule has 0 bridgehead atoms. The Morgan fingerprint density at radius 3 is 2.38 bits per heavy atom. The number of pyridine rings is 1. The van der Waals surface area contributed by atoms with Crippen molar-refractivity contribution in [2.24, 2.45) is 0 Å². The van der Waals surface area contributed by atoms with Gasteiger partial charge in [-0.3, -0.25) is 14.6 Å². The lowest BCUT2D eigenvalue weighted by Gasteiger charge is -2.24. The van der Waals surface area contributed by atoms with Crippen LogP contribution in [0.3, 0.4) is 0 Å². The average Bonchev–Trinajstić information content (AvgIpc) is 2.88. The van der Waals surface area contributed by atoms with E-state index in [0.29, 0.717) is 24.2 Å². The average molecular weight is 452 g/mol. The predicted octanol–water partition coefficient (Wildman–Crippen LogP) is 5.62. The Morgan fingerprint density at radius 1 is 0.912 bits per heavy atom. The first kappa shape index (κ1) is 23.2. The number of carbonyl (C=O) groups excluding carboxylic acids is 2. The number of para-hydroxylation sites is 1. The van der Waals surface area contributed by atoms with Crippen LogP contribution in [0.1, 0.15) is 45.2 Å². The maximum absolute atomic E-state index is 13.3. The number of carbonyl (C=O) groups is 2. The lowest BCUT2D eigenvalue weighted by atomic mass is 9.99. The van der Waals surface area contributed by atoms with Crippen LogP contribution in [0.4, 0.5) is 0 Å². The number of fused-ring (bicyclic) bond motifs is 1. The van der Waals surface area contributed by atoms with Gasteiger partial charge in [0.1, 0.15) is 0 Å². The molecule has 0 aliphatic carbocycles. The molecule has 34 heavy (non-hydrogen) atoms. The molecule has 0 aliphatic rings. The molecule has 0 saturated carbocycles. The molecule has 5 nitrogen and oxygen atoms in total. The predicted molar refractivity (Wildman–Crippen MR) is 137 cm³/mol. The SMILES string of the molecule is CCCN(Cc1cc(-c2cnc3ccccc3c2)ccc1C)C(=O)c1ccc(C(=O)NC)cc1. The van der Waals surface area contributed by atoms with E-state index in [0.717, 1.165) is 39.6 Å². The van der Waals surface area contributed by atoms with Gasteiger partial charge in [0.05, 0.1) is 5.52 Å². The quantitative estimate of drug-likeness (QED) is 0.397. The van der Waals surface area contributed by atoms with Crippen molar-refractivity contribution in [2.75, 3.05) is 13.6 Å². The molecule has 0 fully saturated rings. The molecule has 5 heteroatoms. The lowest BCUT2D eigenvalue weighted by Crippen LogP contribution is -2.31. The topological polar surface area (TPSA) is 62.3 Å². The molecule has 4 rings (SSSR count). The fourth-order valence-electron chi connectivity index (χ4n) is 4.07. The monoisotopic (exact) mass is 451 g/mol. The van der Waals surface area contributed by atoms with E-state index in [4.69, 9.17) is 0 Å². The zero-order chi connectivity index (χ0) is 24.1. The van der Waals surface area contributed by atoms with E-state index < -0.39 is 0 Å². The van der Waals surface area contributed by atoms with Crippen LogP contribution in [0.25, 0.3) is 22.0 Å². The van der Waals surface area contributed by atoms with Crippen molar-refractivity contribution in [3.8, 4) is 11.1 Å². The molecular weight excluding hydrogens is 422 g/mol. The number of hydrogen-bond donors (Lipinski definition) is 1. The first-order chi connectivity index (χ1) is 16.5. The fourth-order valence-corrected chi connectivity index (χ4v) is 4.07. The molecule has 4 aromatic rings. The molecule has 1 aromatic heterocycles. The molecule has 0 atom stereocenters. The maximum Gasteiger partial charge on any atom is 0.254 e. The Labute approximate surface area is 200 Å². The summed E-state index contributed by atoms with van der Waals surface area (Å²) in [5.41, 5.74) is 6.47. The van der Waals surface area contributed by atoms with Gasteiger partial charge >= 0.3 is 0 Å². The van der Waals surface area contributed by atoms with Crippen molar-refractivity contribution in [2.45, 2.75) is 26.8 Å². The second kappa shape index (κ2) is 10.3. The second-order valence-corrected chi connectivity index (χ2v) is 8.44. The van der Waals surface area contributed by atoms with Crippen molar-refractivity contribution in [1.82, 2.24) is 15.2 Å². The largest absolute Gasteiger partial charge is 0.355 e. The van der Waals surface area contributed by atoms with Gasteiger partial charge < -0.3 is 10.2 Å². The summed E-state index contributed by atoms with van der Waals surface area (Å²) in [6.07, 6.45) is 2.76. The summed E-state index contributed by atoms with van der Waals surface area (Å²) in [7, 11) is 1.59. The number of nitrogens with one attached hydrogen (secondary N) is 1. The van der Waals surface area contributed by atoms with Crippen molar-refractivity contribution < 1.29 is 9.59 Å². The van der Waals surface area contributed by atoms with E-state index in [-0.39, 0.29) is 11.8 Å². The van der Waals surface area contributed by atoms with Crippen molar-refractivity contribution in [3.63, 3.8) is 0 Å². The summed E-state index contributed by atoms with van der Waals surface area (Å²) in [5, 5.41) is 3.70. The van der Waals surface area contributed by atoms with Gasteiger partial charge in [-0.1, -0.05) is 37.3 Å². The summed E-state index contributed by atoms with van der Waals surface area (Å²) < 4.78 is 0. The van der Waals surface area contributed by atoms with Crippen LogP contribution in [0.5, 0.6) is 0 Å². The Morgan fingerprint density at radius 2 is 1.65 bits per heavy atom. The molecule has 1 heterocycles. The summed E-state index contributed by atoms with van der Waals surface area (Å²) in [6, 6.07) is 23.4. The van der Waals surface area contributed by atoms with Crippen LogP contribution in [-0.2, 0) is 6.54 Å². The Balaban J connectivity index is 1.60. The number of rotatable bonds is 7. The van der Waals surface area contributed by atoms with Crippen LogP contribution < -0.4 is 5.32 Å². The van der Waals surface area contributed by atoms with Gasteiger partial charge in [0, 0.05) is 48.4 Å². The third-order valence-electron chi connectivity index (χ3n) is 6.04. The molecule has 0 saturated heterocycles. The van der Waals surface area contributed by atoms with Gasteiger partial charge in [-0.25, -0.2) is 0 Å². The normalized spacial score (nSPS) is 10.8. The number of aromatic nitrogens is 1. The number of amides is 2. The molecule has 172 valence electrons. The highest BCUT2D eigenvalue weighted by atomic mass is 16.2. The van der Waals surface area contributed by atoms with E-state index in [2.05, 4.69) is 54.5 Å². The lowest BCUT2D eigenvalue weighted by molar-refractivity contribution is 0.0742. The van der Waals surface area contributed by atoms with Crippen LogP contribution in [0.2, 0.25) is 0 Å². The molecule has 2 amide bonds. The Kier molecular flexibility index (Phi) is 7.02. The number of aryl methyl sites for hydroxylation is 1. The molecule has 0 spiro atoms. The Bertz CT molecular complexity index is 1330. The van der Waals surface area contributed by atoms with Gasteiger partial charge in [-0.05, 0) is 72.5 Å². The van der Waals surface area contributed by atoms with E-state index in [1.807, 2.05) is 29.3 Å². The van der Waals surface area contributed by atoms with E-state index >= 15 is 0 Å². The molecular formula is C29H29N3O2. The van der Waals surface area contributed by atoms with Crippen molar-refractivity contribution in [1.29, 1.82) is 0 Å². The second-order valence-electron chi connectivity index (χ2n) is 8.44. The standard InChI is InChI=1S/C29H29N3O2/c1-4-15-32(29(34)22-13-11-21(12-14-22)28(33)30-3)19-26-16-23(10-9-20(26)2)25-17-24-7-5-6-8-27(24)31-18-25/h5-14,16-18H,4,15,19H2,1-3H3,(H,30,33). The van der Waals surface area contributed by atoms with Gasteiger partial charge in [0.2, 0.25) is 0 Å². The van der Waals surface area contributed by atoms with Gasteiger partial charge in [-0.15, -0.1) is 0 Å². The number of nitrogens with zero attached hydrogens (tertiary/aromatic N) is 2. The highest BCUT2D eigenvalue weighted by Gasteiger charge is 2.17. The van der Waals surface area contributed by atoms with E-state index in [1.54, 1.807) is 31.3 Å².